The molecule has 2 aromatic rings. The number of carboxylic acids is 1. The van der Waals surface area contributed by atoms with Gasteiger partial charge >= 0.3 is 11.9 Å². The lowest BCUT2D eigenvalue weighted by Gasteiger charge is -2.60. The molecule has 2 atom stereocenters. The number of hydrogen-bond acceptors (Lipinski definition) is 6. The molecule has 32 heavy (non-hydrogen) atoms. The Bertz CT molecular complexity index is 1150. The molecule has 4 aliphatic rings. The smallest absolute Gasteiger partial charge is 0.337 e. The Labute approximate surface area is 189 Å². The maximum absolute atomic E-state index is 13.3. The Kier molecular flexibility index (Phi) is 4.81. The number of carbonyl (C=O) groups excluding carboxylic acids is 1. The Morgan fingerprint density at radius 1 is 1.19 bits per heavy atom. The van der Waals surface area contributed by atoms with Crippen LogP contribution in [-0.4, -0.2) is 33.9 Å². The van der Waals surface area contributed by atoms with Crippen molar-refractivity contribution in [2.45, 2.75) is 44.1 Å². The summed E-state index contributed by atoms with van der Waals surface area (Å²) in [5, 5.41) is 17.5. The molecule has 1 heterocycles. The van der Waals surface area contributed by atoms with Crippen LogP contribution in [0.1, 0.15) is 48.9 Å². The van der Waals surface area contributed by atoms with Crippen LogP contribution in [0, 0.1) is 17.3 Å². The van der Waals surface area contributed by atoms with Gasteiger partial charge in [-0.1, -0.05) is 11.6 Å². The van der Waals surface area contributed by atoms with Gasteiger partial charge in [0.15, 0.2) is 0 Å². The fraction of sp³-hybridized carbons (Fsp3) is 0.478. The van der Waals surface area contributed by atoms with Crippen molar-refractivity contribution in [1.29, 1.82) is 0 Å². The normalized spacial score (nSPS) is 30.2. The number of rotatable bonds is 5. The quantitative estimate of drug-likeness (QED) is 0.657. The molecular formula is C23H24ClN3O5. The lowest BCUT2D eigenvalue weighted by molar-refractivity contribution is -0.173. The molecule has 1 aromatic carbocycles. The summed E-state index contributed by atoms with van der Waals surface area (Å²) >= 11 is 6.46. The third-order valence-electron chi connectivity index (χ3n) is 7.44. The third kappa shape index (κ3) is 3.20. The van der Waals surface area contributed by atoms with Crippen molar-refractivity contribution in [3.8, 4) is 0 Å². The van der Waals surface area contributed by atoms with Crippen molar-refractivity contribution < 1.29 is 19.4 Å². The Morgan fingerprint density at radius 3 is 2.44 bits per heavy atom. The standard InChI is InChI=1S/C23H24ClN3O5/c1-32-20(29)15-2-4-16(5-3-15)26-17-11-25-27(19(28)18(17)24)23-9-13-6-14(10-23)8-22(7-13,12-23)21(30)31/h2-5,11,13-14,26H,6-10,12H2,1H3,(H,30,31)/t13-,14-,22?,23?/m1/s1. The molecule has 0 amide bonds. The minimum absolute atomic E-state index is 0.0113. The number of nitrogens with one attached hydrogen (secondary N) is 1. The second kappa shape index (κ2) is 7.33. The molecular weight excluding hydrogens is 434 g/mol. The average molecular weight is 458 g/mol. The summed E-state index contributed by atoms with van der Waals surface area (Å²) in [6.45, 7) is 0. The molecule has 4 fully saturated rings. The summed E-state index contributed by atoms with van der Waals surface area (Å²) < 4.78 is 6.15. The van der Waals surface area contributed by atoms with E-state index in [0.29, 0.717) is 48.0 Å². The second-order valence-corrected chi connectivity index (χ2v) is 9.93. The monoisotopic (exact) mass is 457 g/mol. The number of benzene rings is 1. The molecule has 4 bridgehead atoms. The molecule has 8 nitrogen and oxygen atoms in total. The predicted octanol–water partition coefficient (Wildman–Crippen LogP) is 3.81. The van der Waals surface area contributed by atoms with Crippen LogP contribution < -0.4 is 10.9 Å². The van der Waals surface area contributed by atoms with E-state index in [1.807, 2.05) is 0 Å². The lowest BCUT2D eigenvalue weighted by Crippen LogP contribution is -2.61. The zero-order valence-electron chi connectivity index (χ0n) is 17.6. The van der Waals surface area contributed by atoms with Gasteiger partial charge in [-0.05, 0) is 74.6 Å². The zero-order chi connectivity index (χ0) is 22.7. The fourth-order valence-electron chi connectivity index (χ4n) is 6.53. The van der Waals surface area contributed by atoms with Crippen LogP contribution >= 0.6 is 11.6 Å². The molecule has 0 aliphatic heterocycles. The molecule has 168 valence electrons. The maximum atomic E-state index is 13.3. The number of esters is 1. The van der Waals surface area contributed by atoms with Crippen molar-refractivity contribution in [2.24, 2.45) is 17.3 Å². The van der Waals surface area contributed by atoms with E-state index in [1.54, 1.807) is 24.3 Å². The molecule has 0 unspecified atom stereocenters. The van der Waals surface area contributed by atoms with Crippen molar-refractivity contribution in [2.75, 3.05) is 12.4 Å². The van der Waals surface area contributed by atoms with E-state index in [0.717, 1.165) is 19.3 Å². The molecule has 0 radical (unpaired) electrons. The number of methoxy groups -OCH3 is 1. The topological polar surface area (TPSA) is 111 Å². The van der Waals surface area contributed by atoms with Crippen molar-refractivity contribution in [3.63, 3.8) is 0 Å². The molecule has 9 heteroatoms. The number of carbonyl (C=O) groups is 2. The molecule has 6 rings (SSSR count). The van der Waals surface area contributed by atoms with Gasteiger partial charge in [0.05, 0.1) is 35.5 Å². The number of aliphatic carboxylic acids is 1. The number of carboxylic acid groups (broad SMARTS) is 1. The minimum atomic E-state index is -0.768. The maximum Gasteiger partial charge on any atom is 0.337 e. The molecule has 0 saturated heterocycles. The summed E-state index contributed by atoms with van der Waals surface area (Å²) in [7, 11) is 1.32. The summed E-state index contributed by atoms with van der Waals surface area (Å²) in [6, 6.07) is 6.59. The number of aromatic nitrogens is 2. The van der Waals surface area contributed by atoms with Crippen LogP contribution in [0.2, 0.25) is 5.02 Å². The Morgan fingerprint density at radius 2 is 1.84 bits per heavy atom. The zero-order valence-corrected chi connectivity index (χ0v) is 18.4. The average Bonchev–Trinajstić information content (AvgIpc) is 2.76. The van der Waals surface area contributed by atoms with Crippen LogP contribution in [0.4, 0.5) is 11.4 Å². The molecule has 2 N–H and O–H groups in total. The number of halogens is 1. The summed E-state index contributed by atoms with van der Waals surface area (Å²) in [5.41, 5.74) is -0.369. The fourth-order valence-corrected chi connectivity index (χ4v) is 6.71. The van der Waals surface area contributed by atoms with Gasteiger partial charge in [0.1, 0.15) is 5.02 Å². The molecule has 1 aromatic heterocycles. The Hall–Kier alpha value is -2.87. The highest BCUT2D eigenvalue weighted by Gasteiger charge is 2.62. The highest BCUT2D eigenvalue weighted by Crippen LogP contribution is 2.63. The highest BCUT2D eigenvalue weighted by molar-refractivity contribution is 6.33. The van der Waals surface area contributed by atoms with E-state index in [-0.39, 0.29) is 5.02 Å². The van der Waals surface area contributed by atoms with Crippen LogP contribution in [0.5, 0.6) is 0 Å². The highest BCUT2D eigenvalue weighted by atomic mass is 35.5. The third-order valence-corrected chi connectivity index (χ3v) is 7.80. The van der Waals surface area contributed by atoms with Gasteiger partial charge in [0, 0.05) is 5.69 Å². The first-order chi connectivity index (χ1) is 15.2. The van der Waals surface area contributed by atoms with Gasteiger partial charge in [-0.25, -0.2) is 9.48 Å². The van der Waals surface area contributed by atoms with E-state index >= 15 is 0 Å². The van der Waals surface area contributed by atoms with Crippen LogP contribution in [0.3, 0.4) is 0 Å². The summed E-state index contributed by atoms with van der Waals surface area (Å²) in [4.78, 5) is 37.0. The van der Waals surface area contributed by atoms with Crippen molar-refractivity contribution in [1.82, 2.24) is 9.78 Å². The number of ether oxygens (including phenoxy) is 1. The molecule has 4 aliphatic carbocycles. The number of anilines is 2. The van der Waals surface area contributed by atoms with E-state index in [2.05, 4.69) is 10.4 Å². The molecule has 4 saturated carbocycles. The van der Waals surface area contributed by atoms with Crippen molar-refractivity contribution >= 4 is 34.9 Å². The molecule has 0 spiro atoms. The van der Waals surface area contributed by atoms with Crippen LogP contribution in [-0.2, 0) is 15.1 Å². The van der Waals surface area contributed by atoms with Crippen LogP contribution in [0.25, 0.3) is 0 Å². The van der Waals surface area contributed by atoms with Gasteiger partial charge in [-0.15, -0.1) is 0 Å². The first kappa shape index (κ1) is 21.0. The van der Waals surface area contributed by atoms with E-state index in [1.165, 1.54) is 18.0 Å². The van der Waals surface area contributed by atoms with Gasteiger partial charge in [-0.3, -0.25) is 9.59 Å². The lowest BCUT2D eigenvalue weighted by atomic mass is 9.47. The summed E-state index contributed by atoms with van der Waals surface area (Å²) in [6.07, 6.45) is 5.87. The summed E-state index contributed by atoms with van der Waals surface area (Å²) in [5.74, 6) is -0.603. The Balaban J connectivity index is 1.45. The van der Waals surface area contributed by atoms with Crippen molar-refractivity contribution in [3.05, 3.63) is 51.4 Å². The number of nitrogens with zero attached hydrogens (tertiary/aromatic N) is 2. The van der Waals surface area contributed by atoms with Crippen LogP contribution in [0.15, 0.2) is 35.3 Å². The SMILES string of the molecule is COC(=O)c1ccc(Nc2cnn(C34C[C@@H]5C[C@H](CC(C(=O)O)(C5)C3)C4)c(=O)c2Cl)cc1. The van der Waals surface area contributed by atoms with E-state index < -0.39 is 28.5 Å². The minimum Gasteiger partial charge on any atom is -0.481 e. The van der Waals surface area contributed by atoms with Gasteiger partial charge < -0.3 is 15.2 Å². The van der Waals surface area contributed by atoms with E-state index in [9.17, 15) is 19.5 Å². The first-order valence-electron chi connectivity index (χ1n) is 10.7. The largest absolute Gasteiger partial charge is 0.481 e. The predicted molar refractivity (Wildman–Crippen MR) is 117 cm³/mol. The van der Waals surface area contributed by atoms with E-state index in [4.69, 9.17) is 16.3 Å². The van der Waals surface area contributed by atoms with Gasteiger partial charge in [0.25, 0.3) is 5.56 Å². The van der Waals surface area contributed by atoms with Gasteiger partial charge in [-0.2, -0.15) is 5.10 Å². The number of hydrogen-bond donors (Lipinski definition) is 2. The first-order valence-corrected chi connectivity index (χ1v) is 11.1. The van der Waals surface area contributed by atoms with Gasteiger partial charge in [0.2, 0.25) is 0 Å². The second-order valence-electron chi connectivity index (χ2n) is 9.55.